The summed E-state index contributed by atoms with van der Waals surface area (Å²) in [6, 6.07) is 13.3. The van der Waals surface area contributed by atoms with Crippen molar-refractivity contribution in [3.8, 4) is 5.75 Å². The van der Waals surface area contributed by atoms with Crippen LogP contribution in [0.25, 0.3) is 0 Å². The fourth-order valence-corrected chi connectivity index (χ4v) is 5.29. The molecule has 0 aliphatic carbocycles. The van der Waals surface area contributed by atoms with E-state index in [0.29, 0.717) is 18.8 Å². The predicted molar refractivity (Wildman–Crippen MR) is 136 cm³/mol. The number of nitrogens with zero attached hydrogens (tertiary/aromatic N) is 2. The quantitative estimate of drug-likeness (QED) is 0.369. The number of benzene rings is 2. The second kappa shape index (κ2) is 11.6. The lowest BCUT2D eigenvalue weighted by Gasteiger charge is -2.37. The first-order chi connectivity index (χ1) is 17.4. The molecule has 0 bridgehead atoms. The van der Waals surface area contributed by atoms with Gasteiger partial charge in [-0.3, -0.25) is 9.59 Å². The molecule has 190 valence electrons. The molecule has 2 aromatic carbocycles. The highest BCUT2D eigenvalue weighted by atomic mass is 32.1. The Morgan fingerprint density at radius 1 is 1.14 bits per heavy atom. The molecule has 2 amide bonds. The third-order valence-electron chi connectivity index (χ3n) is 6.58. The Morgan fingerprint density at radius 2 is 1.89 bits per heavy atom. The van der Waals surface area contributed by atoms with E-state index in [4.69, 9.17) is 4.74 Å². The Labute approximate surface area is 214 Å². The average molecular weight is 513 g/mol. The molecule has 36 heavy (non-hydrogen) atoms. The Hall–Kier alpha value is -3.26. The second-order valence-electron chi connectivity index (χ2n) is 9.10. The molecule has 1 aliphatic heterocycles. The molecule has 2 atom stereocenters. The number of thiophene rings is 1. The van der Waals surface area contributed by atoms with Crippen molar-refractivity contribution in [2.24, 2.45) is 5.92 Å². The molecule has 0 radical (unpaired) electrons. The van der Waals surface area contributed by atoms with Crippen LogP contribution in [0.3, 0.4) is 0 Å². The zero-order valence-corrected chi connectivity index (χ0v) is 21.3. The van der Waals surface area contributed by atoms with Crippen LogP contribution in [0.2, 0.25) is 0 Å². The molecule has 0 fully saturated rings. The third kappa shape index (κ3) is 5.93. The van der Waals surface area contributed by atoms with E-state index < -0.39 is 11.7 Å². The Balaban J connectivity index is 1.55. The minimum absolute atomic E-state index is 0.0384. The van der Waals surface area contributed by atoms with Gasteiger partial charge in [0.25, 0.3) is 5.91 Å². The minimum atomic E-state index is -0.601. The summed E-state index contributed by atoms with van der Waals surface area (Å²) in [5, 5.41) is 2.00. The zero-order valence-electron chi connectivity index (χ0n) is 20.5. The van der Waals surface area contributed by atoms with E-state index in [1.54, 1.807) is 34.4 Å². The van der Waals surface area contributed by atoms with Crippen LogP contribution in [0.1, 0.15) is 47.1 Å². The van der Waals surface area contributed by atoms with Crippen molar-refractivity contribution < 1.29 is 23.1 Å². The Bertz CT molecular complexity index is 1200. The fraction of sp³-hybridized carbons (Fsp3) is 0.357. The lowest BCUT2D eigenvalue weighted by Crippen LogP contribution is -2.48. The summed E-state index contributed by atoms with van der Waals surface area (Å²) in [6.45, 7) is 4.92. The molecule has 4 rings (SSSR count). The monoisotopic (exact) mass is 512 g/mol. The number of carbonyl (C=O) groups is 2. The molecular weight excluding hydrogens is 482 g/mol. The van der Waals surface area contributed by atoms with Gasteiger partial charge in [-0.15, -0.1) is 11.3 Å². The lowest BCUT2D eigenvalue weighted by atomic mass is 10.00. The van der Waals surface area contributed by atoms with Gasteiger partial charge in [0.1, 0.15) is 30.5 Å². The van der Waals surface area contributed by atoms with Crippen LogP contribution in [-0.4, -0.2) is 47.9 Å². The molecule has 1 aromatic heterocycles. The van der Waals surface area contributed by atoms with E-state index in [1.165, 1.54) is 40.1 Å². The summed E-state index contributed by atoms with van der Waals surface area (Å²) in [5.74, 6) is -0.995. The van der Waals surface area contributed by atoms with Gasteiger partial charge in [0.05, 0.1) is 11.6 Å². The average Bonchev–Trinajstić information content (AvgIpc) is 3.36. The number of hydrogen-bond acceptors (Lipinski definition) is 4. The molecule has 8 heteroatoms. The van der Waals surface area contributed by atoms with Crippen molar-refractivity contribution in [3.05, 3.63) is 87.6 Å². The van der Waals surface area contributed by atoms with Crippen LogP contribution in [-0.2, 0) is 11.2 Å². The van der Waals surface area contributed by atoms with Crippen molar-refractivity contribution in [3.63, 3.8) is 0 Å². The van der Waals surface area contributed by atoms with Gasteiger partial charge < -0.3 is 14.5 Å². The molecule has 0 spiro atoms. The van der Waals surface area contributed by atoms with E-state index in [1.807, 2.05) is 25.3 Å². The van der Waals surface area contributed by atoms with Gasteiger partial charge in [0, 0.05) is 18.0 Å². The first-order valence-electron chi connectivity index (χ1n) is 12.1. The van der Waals surface area contributed by atoms with Crippen LogP contribution in [0.4, 0.5) is 8.78 Å². The highest BCUT2D eigenvalue weighted by Crippen LogP contribution is 2.34. The molecule has 0 N–H and O–H groups in total. The van der Waals surface area contributed by atoms with Crippen molar-refractivity contribution >= 4 is 23.2 Å². The van der Waals surface area contributed by atoms with Gasteiger partial charge >= 0.3 is 0 Å². The Morgan fingerprint density at radius 3 is 2.61 bits per heavy atom. The summed E-state index contributed by atoms with van der Waals surface area (Å²) >= 11 is 1.65. The number of amides is 2. The number of fused-ring (bicyclic) bond motifs is 1. The standard InChI is InChI=1S/C28H30F2N2O3S/c1-3-19(2)16-31(28(34)22-6-4-5-7-24(22)30)17-27(33)32-14-12-26-23(13-15-36-26)25(32)18-35-21-10-8-20(29)9-11-21/h4-11,13,15,19,25H,3,12,14,16-18H2,1-2H3/t19-,25-/m1/s1. The smallest absolute Gasteiger partial charge is 0.257 e. The summed E-state index contributed by atoms with van der Waals surface area (Å²) in [7, 11) is 0. The number of hydrogen-bond donors (Lipinski definition) is 0. The normalized spacial score (nSPS) is 15.8. The molecule has 0 saturated carbocycles. The molecule has 1 aliphatic rings. The van der Waals surface area contributed by atoms with Gasteiger partial charge in [-0.05, 0) is 65.7 Å². The molecular formula is C28H30F2N2O3S. The minimum Gasteiger partial charge on any atom is -0.491 e. The van der Waals surface area contributed by atoms with Gasteiger partial charge in [0.2, 0.25) is 5.91 Å². The van der Waals surface area contributed by atoms with Crippen molar-refractivity contribution in [2.75, 3.05) is 26.2 Å². The summed E-state index contributed by atoms with van der Waals surface area (Å²) in [5.41, 5.74) is 0.985. The van der Waals surface area contributed by atoms with Crippen molar-refractivity contribution in [1.82, 2.24) is 9.80 Å². The number of rotatable bonds is 9. The number of ether oxygens (including phenoxy) is 1. The van der Waals surface area contributed by atoms with Crippen molar-refractivity contribution in [2.45, 2.75) is 32.7 Å². The van der Waals surface area contributed by atoms with Crippen LogP contribution in [0, 0.1) is 17.6 Å². The van der Waals surface area contributed by atoms with E-state index in [2.05, 4.69) is 0 Å². The maximum Gasteiger partial charge on any atom is 0.257 e. The summed E-state index contributed by atoms with van der Waals surface area (Å²) < 4.78 is 33.6. The second-order valence-corrected chi connectivity index (χ2v) is 10.1. The number of halogens is 2. The first kappa shape index (κ1) is 25.8. The van der Waals surface area contributed by atoms with Crippen LogP contribution in [0.5, 0.6) is 5.75 Å². The van der Waals surface area contributed by atoms with Gasteiger partial charge in [-0.25, -0.2) is 8.78 Å². The van der Waals surface area contributed by atoms with E-state index >= 15 is 0 Å². The highest BCUT2D eigenvalue weighted by molar-refractivity contribution is 7.10. The maximum atomic E-state index is 14.4. The van der Waals surface area contributed by atoms with Gasteiger partial charge in [-0.2, -0.15) is 0 Å². The van der Waals surface area contributed by atoms with E-state index in [9.17, 15) is 18.4 Å². The molecule has 0 saturated heterocycles. The predicted octanol–water partition coefficient (Wildman–Crippen LogP) is 5.72. The van der Waals surface area contributed by atoms with Gasteiger partial charge in [-0.1, -0.05) is 32.4 Å². The molecule has 2 heterocycles. The highest BCUT2D eigenvalue weighted by Gasteiger charge is 2.34. The Kier molecular flexibility index (Phi) is 8.36. The van der Waals surface area contributed by atoms with E-state index in [0.717, 1.165) is 18.4 Å². The zero-order chi connectivity index (χ0) is 25.7. The molecule has 5 nitrogen and oxygen atoms in total. The SMILES string of the molecule is CC[C@@H](C)CN(CC(=O)N1CCc2sccc2[C@H]1COc1ccc(F)cc1)C(=O)c1ccccc1F. The maximum absolute atomic E-state index is 14.4. The van der Waals surface area contributed by atoms with Crippen LogP contribution in [0.15, 0.2) is 60.0 Å². The lowest BCUT2D eigenvalue weighted by molar-refractivity contribution is -0.135. The van der Waals surface area contributed by atoms with Gasteiger partial charge in [0.15, 0.2) is 0 Å². The first-order valence-corrected chi connectivity index (χ1v) is 13.0. The summed E-state index contributed by atoms with van der Waals surface area (Å²) in [6.07, 6.45) is 1.55. The van der Waals surface area contributed by atoms with Crippen LogP contribution >= 0.6 is 11.3 Å². The van der Waals surface area contributed by atoms with E-state index in [-0.39, 0.29) is 42.4 Å². The molecule has 3 aromatic rings. The summed E-state index contributed by atoms with van der Waals surface area (Å²) in [4.78, 5) is 31.3. The third-order valence-corrected chi connectivity index (χ3v) is 7.58. The van der Waals surface area contributed by atoms with Crippen molar-refractivity contribution in [1.29, 1.82) is 0 Å². The number of carbonyl (C=O) groups excluding carboxylic acids is 2. The largest absolute Gasteiger partial charge is 0.491 e. The topological polar surface area (TPSA) is 49.9 Å². The fourth-order valence-electron chi connectivity index (χ4n) is 4.36. The van der Waals surface area contributed by atoms with Crippen LogP contribution < -0.4 is 4.74 Å². The molecule has 0 unspecified atom stereocenters.